The topological polar surface area (TPSA) is 127 Å². The largest absolute Gasteiger partial charge is 0.479 e. The third kappa shape index (κ3) is 4.86. The van der Waals surface area contributed by atoms with Crippen LogP contribution in [0.2, 0.25) is 0 Å². The second-order valence-electron chi connectivity index (χ2n) is 3.67. The molecule has 0 aromatic carbocycles. The van der Waals surface area contributed by atoms with Gasteiger partial charge in [0.25, 0.3) is 0 Å². The number of ether oxygens (including phenoxy) is 1. The van der Waals surface area contributed by atoms with Crippen molar-refractivity contribution < 1.29 is 35.1 Å². The molecule has 0 radical (unpaired) electrons. The van der Waals surface area contributed by atoms with Crippen LogP contribution in [0.1, 0.15) is 6.42 Å². The van der Waals surface area contributed by atoms with Crippen molar-refractivity contribution in [1.29, 1.82) is 0 Å². The Morgan fingerprint density at radius 2 is 1.69 bits per heavy atom. The Morgan fingerprint density at radius 3 is 2.06 bits per heavy atom. The maximum absolute atomic E-state index is 10.2. The lowest BCUT2D eigenvalue weighted by atomic mass is 9.93. The molecule has 0 aliphatic carbocycles. The van der Waals surface area contributed by atoms with E-state index in [1.54, 1.807) is 0 Å². The van der Waals surface area contributed by atoms with Crippen molar-refractivity contribution in [3.8, 4) is 0 Å². The summed E-state index contributed by atoms with van der Waals surface area (Å²) < 4.78 is 4.99. The Bertz CT molecular complexity index is 194. The number of carboxylic acids is 1. The number of carboxylic acid groups (broad SMARTS) is 1. The molecule has 0 saturated carbocycles. The first-order chi connectivity index (χ1) is 7.51. The van der Waals surface area contributed by atoms with Crippen LogP contribution in [0.25, 0.3) is 0 Å². The summed E-state index contributed by atoms with van der Waals surface area (Å²) in [5.74, 6) is -1.33. The van der Waals surface area contributed by atoms with E-state index in [4.69, 9.17) is 30.3 Å². The van der Waals surface area contributed by atoms with Gasteiger partial charge in [-0.2, -0.15) is 0 Å². The van der Waals surface area contributed by atoms with Crippen molar-refractivity contribution >= 4 is 5.97 Å². The molecular formula is C9H18O7. The van der Waals surface area contributed by atoms with E-state index >= 15 is 0 Å². The van der Waals surface area contributed by atoms with Crippen molar-refractivity contribution in [2.75, 3.05) is 33.0 Å². The summed E-state index contributed by atoms with van der Waals surface area (Å²) in [6, 6.07) is 0. The molecular weight excluding hydrogens is 220 g/mol. The Labute approximate surface area is 92.9 Å². The molecule has 7 nitrogen and oxygen atoms in total. The molecule has 0 aromatic rings. The average molecular weight is 238 g/mol. The zero-order chi connectivity index (χ0) is 12.6. The summed E-state index contributed by atoms with van der Waals surface area (Å²) in [5, 5.41) is 44.0. The number of aliphatic hydroxyl groups is 4. The lowest BCUT2D eigenvalue weighted by Gasteiger charge is -2.26. The van der Waals surface area contributed by atoms with Gasteiger partial charge in [-0.25, -0.2) is 4.79 Å². The van der Waals surface area contributed by atoms with Gasteiger partial charge >= 0.3 is 5.97 Å². The summed E-state index contributed by atoms with van der Waals surface area (Å²) >= 11 is 0. The van der Waals surface area contributed by atoms with Crippen molar-refractivity contribution in [1.82, 2.24) is 0 Å². The van der Waals surface area contributed by atoms with Gasteiger partial charge in [0, 0.05) is 13.0 Å². The molecule has 0 aliphatic heterocycles. The van der Waals surface area contributed by atoms with E-state index in [1.165, 1.54) is 0 Å². The standard InChI is InChI=1S/C9H18O7/c10-3-9(4-11,5-12)6-16-2-1-7(13)8(14)15/h7,10-13H,1-6H2,(H,14,15). The second-order valence-corrected chi connectivity index (χ2v) is 3.67. The first-order valence-electron chi connectivity index (χ1n) is 4.82. The molecule has 1 atom stereocenters. The van der Waals surface area contributed by atoms with Crippen molar-refractivity contribution in [2.24, 2.45) is 5.41 Å². The van der Waals surface area contributed by atoms with Gasteiger partial charge in [0.2, 0.25) is 0 Å². The van der Waals surface area contributed by atoms with E-state index in [9.17, 15) is 4.79 Å². The molecule has 0 aromatic heterocycles. The van der Waals surface area contributed by atoms with Crippen molar-refractivity contribution in [3.05, 3.63) is 0 Å². The van der Waals surface area contributed by atoms with Crippen LogP contribution in [0.3, 0.4) is 0 Å². The smallest absolute Gasteiger partial charge is 0.332 e. The van der Waals surface area contributed by atoms with Gasteiger partial charge in [0.15, 0.2) is 6.10 Å². The Hall–Kier alpha value is -0.730. The Balaban J connectivity index is 3.83. The van der Waals surface area contributed by atoms with Crippen LogP contribution in [0, 0.1) is 5.41 Å². The average Bonchev–Trinajstić information content (AvgIpc) is 2.30. The summed E-state index contributed by atoms with van der Waals surface area (Å²) in [6.45, 7) is -1.47. The van der Waals surface area contributed by atoms with Crippen LogP contribution >= 0.6 is 0 Å². The Morgan fingerprint density at radius 1 is 1.19 bits per heavy atom. The van der Waals surface area contributed by atoms with E-state index in [0.29, 0.717) is 0 Å². The molecule has 0 saturated heterocycles. The maximum atomic E-state index is 10.2. The predicted octanol–water partition coefficient (Wildman–Crippen LogP) is -2.20. The van der Waals surface area contributed by atoms with Gasteiger partial charge < -0.3 is 30.3 Å². The van der Waals surface area contributed by atoms with Crippen molar-refractivity contribution in [3.63, 3.8) is 0 Å². The van der Waals surface area contributed by atoms with E-state index in [0.717, 1.165) is 0 Å². The van der Waals surface area contributed by atoms with Crippen LogP contribution in [0.4, 0.5) is 0 Å². The molecule has 7 heteroatoms. The van der Waals surface area contributed by atoms with E-state index < -0.39 is 37.3 Å². The fourth-order valence-corrected chi connectivity index (χ4v) is 0.894. The molecule has 0 aliphatic rings. The van der Waals surface area contributed by atoms with E-state index in [1.807, 2.05) is 0 Å². The van der Waals surface area contributed by atoms with E-state index in [-0.39, 0.29) is 19.6 Å². The molecule has 0 fully saturated rings. The van der Waals surface area contributed by atoms with Gasteiger partial charge in [-0.15, -0.1) is 0 Å². The maximum Gasteiger partial charge on any atom is 0.332 e. The minimum Gasteiger partial charge on any atom is -0.479 e. The lowest BCUT2D eigenvalue weighted by molar-refractivity contribution is -0.148. The zero-order valence-corrected chi connectivity index (χ0v) is 8.87. The van der Waals surface area contributed by atoms with Crippen molar-refractivity contribution in [2.45, 2.75) is 12.5 Å². The monoisotopic (exact) mass is 238 g/mol. The summed E-state index contributed by atoms with van der Waals surface area (Å²) in [6.07, 6.45) is -1.58. The molecule has 0 spiro atoms. The molecule has 0 rings (SSSR count). The number of carbonyl (C=O) groups is 1. The zero-order valence-electron chi connectivity index (χ0n) is 8.87. The van der Waals surface area contributed by atoms with Crippen LogP contribution in [-0.4, -0.2) is 70.6 Å². The van der Waals surface area contributed by atoms with Gasteiger partial charge in [-0.05, 0) is 0 Å². The highest BCUT2D eigenvalue weighted by molar-refractivity contribution is 5.71. The molecule has 96 valence electrons. The number of aliphatic carboxylic acids is 1. The van der Waals surface area contributed by atoms with Gasteiger partial charge in [-0.1, -0.05) is 0 Å². The summed E-state index contributed by atoms with van der Waals surface area (Å²) in [4.78, 5) is 10.2. The second kappa shape index (κ2) is 7.53. The normalized spacial score (nSPS) is 13.8. The molecule has 16 heavy (non-hydrogen) atoms. The Kier molecular flexibility index (Phi) is 7.18. The lowest BCUT2D eigenvalue weighted by Crippen LogP contribution is -2.39. The fraction of sp³-hybridized carbons (Fsp3) is 0.889. The van der Waals surface area contributed by atoms with Gasteiger partial charge in [0.05, 0.1) is 31.8 Å². The predicted molar refractivity (Wildman–Crippen MR) is 52.8 cm³/mol. The molecule has 0 amide bonds. The third-order valence-corrected chi connectivity index (χ3v) is 2.24. The van der Waals surface area contributed by atoms with Crippen LogP contribution in [0.5, 0.6) is 0 Å². The third-order valence-electron chi connectivity index (χ3n) is 2.24. The molecule has 0 bridgehead atoms. The highest BCUT2D eigenvalue weighted by Crippen LogP contribution is 2.15. The number of hydrogen-bond donors (Lipinski definition) is 5. The highest BCUT2D eigenvalue weighted by atomic mass is 16.5. The molecule has 1 unspecified atom stereocenters. The van der Waals surface area contributed by atoms with Crippen LogP contribution < -0.4 is 0 Å². The molecule has 0 heterocycles. The number of aliphatic hydroxyl groups excluding tert-OH is 4. The fourth-order valence-electron chi connectivity index (χ4n) is 0.894. The summed E-state index contributed by atoms with van der Waals surface area (Å²) in [7, 11) is 0. The SMILES string of the molecule is O=C(O)C(O)CCOCC(CO)(CO)CO. The van der Waals surface area contributed by atoms with Crippen LogP contribution in [0.15, 0.2) is 0 Å². The van der Waals surface area contributed by atoms with Crippen LogP contribution in [-0.2, 0) is 9.53 Å². The van der Waals surface area contributed by atoms with Gasteiger partial charge in [0.1, 0.15) is 0 Å². The summed E-state index contributed by atoms with van der Waals surface area (Å²) in [5.41, 5.74) is -1.13. The minimum absolute atomic E-state index is 0.0325. The first kappa shape index (κ1) is 15.3. The highest BCUT2D eigenvalue weighted by Gasteiger charge is 2.28. The quantitative estimate of drug-likeness (QED) is 0.288. The number of rotatable bonds is 9. The van der Waals surface area contributed by atoms with E-state index in [2.05, 4.69) is 0 Å². The number of hydrogen-bond acceptors (Lipinski definition) is 6. The molecule has 5 N–H and O–H groups in total. The minimum atomic E-state index is -1.49. The first-order valence-corrected chi connectivity index (χ1v) is 4.82. The van der Waals surface area contributed by atoms with Gasteiger partial charge in [-0.3, -0.25) is 0 Å².